The van der Waals surface area contributed by atoms with Crippen LogP contribution in [0.1, 0.15) is 58.7 Å². The molecule has 0 atom stereocenters. The number of carbonyl (C=O) groups is 1. The first-order chi connectivity index (χ1) is 20.6. The standard InChI is InChI=1S/C30H35ClF3N3O6S2/c1-27(2,3)24-18-25(36-35-24)37(19-28(4,5)44(39,40)22-12-8-21(31)9-13-22)26(38)29(14-16-43-17-15-29)45(41,42)23-10-6-20(7-11-23)30(32,33)34/h6-13,18H,14-17,19H2,1-5H3,(H,35,36). The molecule has 1 N–H and O–H groups in total. The Morgan fingerprint density at radius 1 is 0.933 bits per heavy atom. The maximum absolute atomic E-state index is 14.8. The van der Waals surface area contributed by atoms with Crippen LogP contribution in [0.25, 0.3) is 0 Å². The molecule has 1 saturated heterocycles. The van der Waals surface area contributed by atoms with Gasteiger partial charge in [-0.25, -0.2) is 16.8 Å². The van der Waals surface area contributed by atoms with Crippen molar-refractivity contribution in [3.63, 3.8) is 0 Å². The van der Waals surface area contributed by atoms with E-state index in [4.69, 9.17) is 16.3 Å². The Labute approximate surface area is 265 Å². The summed E-state index contributed by atoms with van der Waals surface area (Å²) in [7, 11) is -8.78. The molecule has 0 bridgehead atoms. The van der Waals surface area contributed by atoms with Crippen LogP contribution in [0.3, 0.4) is 0 Å². The summed E-state index contributed by atoms with van der Waals surface area (Å²) in [6.45, 7) is 7.73. The van der Waals surface area contributed by atoms with Crippen molar-refractivity contribution in [3.8, 4) is 0 Å². The summed E-state index contributed by atoms with van der Waals surface area (Å²) in [5.74, 6) is -0.882. The van der Waals surface area contributed by atoms with Crippen molar-refractivity contribution in [2.45, 2.75) is 78.3 Å². The highest BCUT2D eigenvalue weighted by molar-refractivity contribution is 7.93. The number of halogens is 4. The Morgan fingerprint density at radius 2 is 1.47 bits per heavy atom. The Kier molecular flexibility index (Phi) is 9.32. The van der Waals surface area contributed by atoms with Crippen molar-refractivity contribution in [2.24, 2.45) is 0 Å². The number of nitrogens with zero attached hydrogens (tertiary/aromatic N) is 2. The van der Waals surface area contributed by atoms with Crippen LogP contribution in [0.5, 0.6) is 0 Å². The second-order valence-corrected chi connectivity index (χ2v) is 17.9. The van der Waals surface area contributed by atoms with Crippen molar-refractivity contribution >= 4 is 43.0 Å². The Bertz CT molecular complexity index is 1760. The second-order valence-electron chi connectivity index (χ2n) is 12.6. The molecule has 45 heavy (non-hydrogen) atoms. The zero-order valence-corrected chi connectivity index (χ0v) is 27.8. The third-order valence-corrected chi connectivity index (χ3v) is 13.2. The van der Waals surface area contributed by atoms with Gasteiger partial charge in [-0.2, -0.15) is 18.3 Å². The summed E-state index contributed by atoms with van der Waals surface area (Å²) >= 11 is 5.96. The van der Waals surface area contributed by atoms with Gasteiger partial charge in [0, 0.05) is 36.3 Å². The summed E-state index contributed by atoms with van der Waals surface area (Å²) in [5, 5.41) is 7.41. The summed E-state index contributed by atoms with van der Waals surface area (Å²) in [6, 6.07) is 10.0. The van der Waals surface area contributed by atoms with Crippen LogP contribution in [0, 0.1) is 0 Å². The second kappa shape index (κ2) is 12.0. The van der Waals surface area contributed by atoms with E-state index in [1.54, 1.807) is 6.07 Å². The first-order valence-electron chi connectivity index (χ1n) is 14.0. The van der Waals surface area contributed by atoms with Crippen molar-refractivity contribution in [1.82, 2.24) is 10.2 Å². The molecule has 9 nitrogen and oxygen atoms in total. The van der Waals surface area contributed by atoms with Gasteiger partial charge in [-0.1, -0.05) is 32.4 Å². The smallest absolute Gasteiger partial charge is 0.381 e. The zero-order valence-electron chi connectivity index (χ0n) is 25.4. The number of carbonyl (C=O) groups excluding carboxylic acids is 1. The minimum atomic E-state index is -4.70. The lowest BCUT2D eigenvalue weighted by atomic mass is 9.92. The van der Waals surface area contributed by atoms with Gasteiger partial charge in [0.1, 0.15) is 5.82 Å². The quantitative estimate of drug-likeness (QED) is 0.308. The zero-order chi connectivity index (χ0) is 33.6. The number of alkyl halides is 3. The maximum atomic E-state index is 14.8. The van der Waals surface area contributed by atoms with E-state index in [1.165, 1.54) is 38.1 Å². The molecule has 1 aliphatic rings. The van der Waals surface area contributed by atoms with Crippen LogP contribution < -0.4 is 4.90 Å². The lowest BCUT2D eigenvalue weighted by Gasteiger charge is -2.40. The molecule has 0 saturated carbocycles. The molecular formula is C30H35ClF3N3O6S2. The van der Waals surface area contributed by atoms with Gasteiger partial charge in [-0.15, -0.1) is 0 Å². The van der Waals surface area contributed by atoms with E-state index in [0.717, 1.165) is 17.0 Å². The maximum Gasteiger partial charge on any atom is 0.416 e. The number of hydrogen-bond acceptors (Lipinski definition) is 7. The van der Waals surface area contributed by atoms with Crippen molar-refractivity contribution in [3.05, 3.63) is 70.9 Å². The number of sulfone groups is 2. The molecule has 3 aromatic rings. The van der Waals surface area contributed by atoms with Gasteiger partial charge in [0.2, 0.25) is 5.91 Å². The Hall–Kier alpha value is -2.94. The molecule has 0 spiro atoms. The van der Waals surface area contributed by atoms with Gasteiger partial charge >= 0.3 is 6.18 Å². The minimum Gasteiger partial charge on any atom is -0.381 e. The van der Waals surface area contributed by atoms with E-state index < -0.39 is 63.7 Å². The van der Waals surface area contributed by atoms with Crippen molar-refractivity contribution in [1.29, 1.82) is 0 Å². The van der Waals surface area contributed by atoms with Gasteiger partial charge in [0.15, 0.2) is 24.4 Å². The average Bonchev–Trinajstić information content (AvgIpc) is 3.47. The predicted molar refractivity (Wildman–Crippen MR) is 164 cm³/mol. The van der Waals surface area contributed by atoms with Crippen LogP contribution in [-0.4, -0.2) is 62.2 Å². The number of H-pyrrole nitrogens is 1. The van der Waals surface area contributed by atoms with Gasteiger partial charge in [-0.05, 0) is 75.2 Å². The Balaban J connectivity index is 1.87. The van der Waals surface area contributed by atoms with Crippen LogP contribution in [0.15, 0.2) is 64.4 Å². The largest absolute Gasteiger partial charge is 0.416 e. The highest BCUT2D eigenvalue weighted by Crippen LogP contribution is 2.40. The molecule has 1 amide bonds. The number of aromatic nitrogens is 2. The first kappa shape index (κ1) is 34.9. The molecule has 2 heterocycles. The molecule has 1 aromatic heterocycles. The molecular weight excluding hydrogens is 655 g/mol. The van der Waals surface area contributed by atoms with Gasteiger partial charge in [0.05, 0.1) is 25.8 Å². The fraction of sp³-hybridized carbons (Fsp3) is 0.467. The fourth-order valence-corrected chi connectivity index (χ4v) is 8.64. The lowest BCUT2D eigenvalue weighted by molar-refractivity contribution is -0.137. The van der Waals surface area contributed by atoms with Gasteiger partial charge in [0.25, 0.3) is 0 Å². The lowest BCUT2D eigenvalue weighted by Crippen LogP contribution is -2.59. The van der Waals surface area contributed by atoms with Crippen LogP contribution in [-0.2, 0) is 40.8 Å². The van der Waals surface area contributed by atoms with E-state index in [9.17, 15) is 34.8 Å². The van der Waals surface area contributed by atoms with Crippen molar-refractivity contribution < 1.29 is 39.5 Å². The number of benzene rings is 2. The number of amides is 1. The topological polar surface area (TPSA) is 127 Å². The number of ether oxygens (including phenoxy) is 1. The molecule has 0 unspecified atom stereocenters. The van der Waals surface area contributed by atoms with Gasteiger partial charge in [-0.3, -0.25) is 14.8 Å². The van der Waals surface area contributed by atoms with Crippen LogP contribution in [0.4, 0.5) is 19.0 Å². The summed E-state index contributed by atoms with van der Waals surface area (Å²) < 4.78 is 97.6. The number of anilines is 1. The summed E-state index contributed by atoms with van der Waals surface area (Å²) in [4.78, 5) is 15.3. The monoisotopic (exact) mass is 689 g/mol. The van der Waals surface area contributed by atoms with Crippen LogP contribution in [0.2, 0.25) is 5.02 Å². The molecule has 0 aliphatic carbocycles. The fourth-order valence-electron chi connectivity index (χ4n) is 5.09. The average molecular weight is 690 g/mol. The molecule has 1 aliphatic heterocycles. The van der Waals surface area contributed by atoms with E-state index in [-0.39, 0.29) is 36.8 Å². The molecule has 4 rings (SSSR count). The highest BCUT2D eigenvalue weighted by atomic mass is 35.5. The normalized spacial score (nSPS) is 16.4. The van der Waals surface area contributed by atoms with E-state index in [2.05, 4.69) is 10.2 Å². The molecule has 0 radical (unpaired) electrons. The predicted octanol–water partition coefficient (Wildman–Crippen LogP) is 5.99. The third kappa shape index (κ3) is 6.65. The molecule has 246 valence electrons. The van der Waals surface area contributed by atoms with E-state index in [1.807, 2.05) is 20.8 Å². The SMILES string of the molecule is CC(C)(C)c1cc(N(CC(C)(C)S(=O)(=O)c2ccc(Cl)cc2)C(=O)C2(S(=O)(=O)c3ccc(C(F)(F)F)cc3)CCOCC2)[nH]n1. The third-order valence-electron chi connectivity index (χ3n) is 7.96. The van der Waals surface area contributed by atoms with Crippen LogP contribution >= 0.6 is 11.6 Å². The van der Waals surface area contributed by atoms with Crippen molar-refractivity contribution in [2.75, 3.05) is 24.7 Å². The summed E-state index contributed by atoms with van der Waals surface area (Å²) in [5.41, 5.74) is -1.01. The summed E-state index contributed by atoms with van der Waals surface area (Å²) in [6.07, 6.45) is -5.32. The number of hydrogen-bond donors (Lipinski definition) is 1. The highest BCUT2D eigenvalue weighted by Gasteiger charge is 2.55. The minimum absolute atomic E-state index is 0.0533. The Morgan fingerprint density at radius 3 is 1.96 bits per heavy atom. The molecule has 15 heteroatoms. The van der Waals surface area contributed by atoms with Gasteiger partial charge < -0.3 is 4.74 Å². The molecule has 1 fully saturated rings. The number of nitrogens with one attached hydrogen (secondary N) is 1. The number of rotatable bonds is 8. The van der Waals surface area contributed by atoms with E-state index >= 15 is 0 Å². The molecule has 2 aromatic carbocycles. The number of aromatic amines is 1. The first-order valence-corrected chi connectivity index (χ1v) is 17.4. The van der Waals surface area contributed by atoms with E-state index in [0.29, 0.717) is 22.8 Å².